The highest BCUT2D eigenvalue weighted by atomic mass is 19.1. The molecule has 20 heavy (non-hydrogen) atoms. The second-order valence-corrected chi connectivity index (χ2v) is 5.92. The minimum Gasteiger partial charge on any atom is -0.444 e. The van der Waals surface area contributed by atoms with E-state index < -0.39 is 11.7 Å². The molecule has 0 unspecified atom stereocenters. The first-order chi connectivity index (χ1) is 9.38. The van der Waals surface area contributed by atoms with Crippen LogP contribution in [0, 0.1) is 5.82 Å². The normalized spacial score (nSPS) is 19.8. The first-order valence-corrected chi connectivity index (χ1v) is 6.83. The Morgan fingerprint density at radius 3 is 2.75 bits per heavy atom. The van der Waals surface area contributed by atoms with E-state index in [0.717, 1.165) is 0 Å². The molecule has 0 saturated carbocycles. The molecule has 1 aromatic carbocycles. The van der Waals surface area contributed by atoms with Crippen molar-refractivity contribution in [2.24, 2.45) is 0 Å². The zero-order chi connectivity index (χ0) is 14.8. The molecule has 1 heterocycles. The molecule has 1 aromatic rings. The Labute approximate surface area is 118 Å². The third-order valence-corrected chi connectivity index (χ3v) is 3.14. The second-order valence-electron chi connectivity index (χ2n) is 5.92. The largest absolute Gasteiger partial charge is 0.444 e. The summed E-state index contributed by atoms with van der Waals surface area (Å²) in [4.78, 5) is 13.9. The number of hydrogen-bond donors (Lipinski definition) is 1. The number of hydrogen-bond acceptors (Lipinski definition) is 3. The Bertz CT molecular complexity index is 485. The topological polar surface area (TPSA) is 41.6 Å². The van der Waals surface area contributed by atoms with E-state index in [1.165, 1.54) is 6.07 Å². The quantitative estimate of drug-likeness (QED) is 0.860. The Morgan fingerprint density at radius 2 is 2.10 bits per heavy atom. The third kappa shape index (κ3) is 3.48. The van der Waals surface area contributed by atoms with Gasteiger partial charge in [-0.15, -0.1) is 0 Å². The predicted octanol–water partition coefficient (Wildman–Crippen LogP) is 2.71. The molecule has 1 aliphatic rings. The standard InChI is InChI=1S/C15H21FN2O2/c1-15(2,3)20-14(19)18-9-8-17-10-13(18)11-6-4-5-7-12(11)16/h4-7,13,17H,8-10H2,1-3H3/t13-/m1/s1. The molecule has 0 aromatic heterocycles. The summed E-state index contributed by atoms with van der Waals surface area (Å²) in [5, 5.41) is 3.19. The van der Waals surface area contributed by atoms with Crippen LogP contribution in [0.4, 0.5) is 9.18 Å². The zero-order valence-corrected chi connectivity index (χ0v) is 12.1. The monoisotopic (exact) mass is 280 g/mol. The molecule has 2 rings (SSSR count). The van der Waals surface area contributed by atoms with Crippen LogP contribution in [-0.2, 0) is 4.74 Å². The molecule has 0 aliphatic carbocycles. The molecule has 0 bridgehead atoms. The molecule has 1 saturated heterocycles. The van der Waals surface area contributed by atoms with Crippen LogP contribution in [0.15, 0.2) is 24.3 Å². The van der Waals surface area contributed by atoms with E-state index in [1.807, 2.05) is 20.8 Å². The van der Waals surface area contributed by atoms with Crippen molar-refractivity contribution < 1.29 is 13.9 Å². The van der Waals surface area contributed by atoms with Gasteiger partial charge in [0.25, 0.3) is 0 Å². The number of nitrogens with zero attached hydrogens (tertiary/aromatic N) is 1. The fraction of sp³-hybridized carbons (Fsp3) is 0.533. The number of benzene rings is 1. The van der Waals surface area contributed by atoms with Gasteiger partial charge in [0.2, 0.25) is 0 Å². The van der Waals surface area contributed by atoms with Crippen LogP contribution < -0.4 is 5.32 Å². The van der Waals surface area contributed by atoms with Crippen molar-refractivity contribution >= 4 is 6.09 Å². The zero-order valence-electron chi connectivity index (χ0n) is 12.1. The lowest BCUT2D eigenvalue weighted by Crippen LogP contribution is -2.50. The Balaban J connectivity index is 2.22. The SMILES string of the molecule is CC(C)(C)OC(=O)N1CCNC[C@@H]1c1ccccc1F. The van der Waals surface area contributed by atoms with Gasteiger partial charge in [0.15, 0.2) is 0 Å². The lowest BCUT2D eigenvalue weighted by Gasteiger charge is -2.37. The minimum absolute atomic E-state index is 0.297. The first-order valence-electron chi connectivity index (χ1n) is 6.83. The average molecular weight is 280 g/mol. The van der Waals surface area contributed by atoms with Crippen LogP contribution in [0.25, 0.3) is 0 Å². The van der Waals surface area contributed by atoms with Gasteiger partial charge in [-0.3, -0.25) is 4.90 Å². The fourth-order valence-electron chi connectivity index (χ4n) is 2.27. The van der Waals surface area contributed by atoms with Gasteiger partial charge in [-0.2, -0.15) is 0 Å². The van der Waals surface area contributed by atoms with Crippen LogP contribution in [-0.4, -0.2) is 36.2 Å². The van der Waals surface area contributed by atoms with Crippen molar-refractivity contribution in [1.82, 2.24) is 10.2 Å². The molecule has 0 spiro atoms. The summed E-state index contributed by atoms with van der Waals surface area (Å²) in [6.45, 7) is 7.19. The average Bonchev–Trinajstić information content (AvgIpc) is 2.37. The van der Waals surface area contributed by atoms with Gasteiger partial charge in [0.05, 0.1) is 6.04 Å². The highest BCUT2D eigenvalue weighted by molar-refractivity contribution is 5.69. The Kier molecular flexibility index (Phi) is 4.28. The number of carbonyl (C=O) groups excluding carboxylic acids is 1. The third-order valence-electron chi connectivity index (χ3n) is 3.14. The molecule has 110 valence electrons. The summed E-state index contributed by atoms with van der Waals surface area (Å²) in [6.07, 6.45) is -0.396. The molecule has 4 nitrogen and oxygen atoms in total. The van der Waals surface area contributed by atoms with E-state index in [2.05, 4.69) is 5.32 Å². The molecule has 1 N–H and O–H groups in total. The smallest absolute Gasteiger partial charge is 0.410 e. The van der Waals surface area contributed by atoms with E-state index in [9.17, 15) is 9.18 Å². The maximum absolute atomic E-state index is 13.9. The van der Waals surface area contributed by atoms with Crippen LogP contribution in [0.1, 0.15) is 32.4 Å². The lowest BCUT2D eigenvalue weighted by atomic mass is 10.0. The highest BCUT2D eigenvalue weighted by Crippen LogP contribution is 2.26. The number of piperazine rings is 1. The summed E-state index contributed by atoms with van der Waals surface area (Å²) in [5.41, 5.74) is -0.0348. The number of carbonyl (C=O) groups is 1. The summed E-state index contributed by atoms with van der Waals surface area (Å²) < 4.78 is 19.3. The summed E-state index contributed by atoms with van der Waals surface area (Å²) >= 11 is 0. The van der Waals surface area contributed by atoms with Crippen molar-refractivity contribution in [2.45, 2.75) is 32.4 Å². The lowest BCUT2D eigenvalue weighted by molar-refractivity contribution is 0.0114. The minimum atomic E-state index is -0.554. The predicted molar refractivity (Wildman–Crippen MR) is 75.0 cm³/mol. The van der Waals surface area contributed by atoms with Gasteiger partial charge < -0.3 is 10.1 Å². The molecule has 1 amide bonds. The summed E-state index contributed by atoms with van der Waals surface area (Å²) in [6, 6.07) is 6.22. The van der Waals surface area contributed by atoms with Gasteiger partial charge in [-0.25, -0.2) is 9.18 Å². The molecular weight excluding hydrogens is 259 g/mol. The van der Waals surface area contributed by atoms with Crippen molar-refractivity contribution in [1.29, 1.82) is 0 Å². The van der Waals surface area contributed by atoms with Gasteiger partial charge >= 0.3 is 6.09 Å². The molecule has 5 heteroatoms. The van der Waals surface area contributed by atoms with Crippen molar-refractivity contribution in [3.8, 4) is 0 Å². The Morgan fingerprint density at radius 1 is 1.40 bits per heavy atom. The first kappa shape index (κ1) is 14.8. The molecule has 1 fully saturated rings. The van der Waals surface area contributed by atoms with Crippen LogP contribution in [0.5, 0.6) is 0 Å². The van der Waals surface area contributed by atoms with Gasteiger partial charge in [-0.05, 0) is 26.8 Å². The fourth-order valence-corrected chi connectivity index (χ4v) is 2.27. The number of ether oxygens (including phenoxy) is 1. The molecule has 1 aliphatic heterocycles. The molecule has 1 atom stereocenters. The van der Waals surface area contributed by atoms with Gasteiger partial charge in [0.1, 0.15) is 11.4 Å². The van der Waals surface area contributed by atoms with Gasteiger partial charge in [-0.1, -0.05) is 18.2 Å². The van der Waals surface area contributed by atoms with Crippen molar-refractivity contribution in [2.75, 3.05) is 19.6 Å². The number of rotatable bonds is 1. The maximum Gasteiger partial charge on any atom is 0.410 e. The van der Waals surface area contributed by atoms with E-state index in [0.29, 0.717) is 25.2 Å². The Hall–Kier alpha value is -1.62. The second kappa shape index (κ2) is 5.79. The molecule has 0 radical (unpaired) electrons. The van der Waals surface area contributed by atoms with E-state index in [-0.39, 0.29) is 11.9 Å². The number of amides is 1. The van der Waals surface area contributed by atoms with Crippen LogP contribution in [0.2, 0.25) is 0 Å². The molecular formula is C15H21FN2O2. The maximum atomic E-state index is 13.9. The number of halogens is 1. The van der Waals surface area contributed by atoms with E-state index in [4.69, 9.17) is 4.74 Å². The van der Waals surface area contributed by atoms with E-state index >= 15 is 0 Å². The highest BCUT2D eigenvalue weighted by Gasteiger charge is 2.32. The number of nitrogens with one attached hydrogen (secondary N) is 1. The van der Waals surface area contributed by atoms with Crippen LogP contribution >= 0.6 is 0 Å². The summed E-state index contributed by atoms with van der Waals surface area (Å²) in [5.74, 6) is -0.297. The van der Waals surface area contributed by atoms with Crippen LogP contribution in [0.3, 0.4) is 0 Å². The van der Waals surface area contributed by atoms with Crippen molar-refractivity contribution in [3.05, 3.63) is 35.6 Å². The van der Waals surface area contributed by atoms with E-state index in [1.54, 1.807) is 23.1 Å². The summed E-state index contributed by atoms with van der Waals surface area (Å²) in [7, 11) is 0. The van der Waals surface area contributed by atoms with Gasteiger partial charge in [0, 0.05) is 25.2 Å². The van der Waals surface area contributed by atoms with Crippen molar-refractivity contribution in [3.63, 3.8) is 0 Å².